The predicted octanol–water partition coefficient (Wildman–Crippen LogP) is 10.5. The van der Waals surface area contributed by atoms with Crippen molar-refractivity contribution in [3.8, 4) is 28.0 Å². The van der Waals surface area contributed by atoms with Gasteiger partial charge in [-0.3, -0.25) is 0 Å². The summed E-state index contributed by atoms with van der Waals surface area (Å²) in [5, 5.41) is 6.14. The molecule has 3 nitrogen and oxygen atoms in total. The van der Waals surface area contributed by atoms with Crippen molar-refractivity contribution >= 4 is 33.2 Å². The molecule has 0 saturated heterocycles. The van der Waals surface area contributed by atoms with E-state index in [9.17, 15) is 0 Å². The molecule has 3 heteroatoms. The van der Waals surface area contributed by atoms with Crippen LogP contribution < -0.4 is 10.1 Å². The molecule has 1 aliphatic heterocycles. The van der Waals surface area contributed by atoms with Gasteiger partial charge in [-0.1, -0.05) is 92.2 Å². The average molecular weight is 560 g/mol. The van der Waals surface area contributed by atoms with Gasteiger partial charge in [-0.25, -0.2) is 0 Å². The van der Waals surface area contributed by atoms with Crippen LogP contribution >= 0.6 is 0 Å². The first kappa shape index (κ1) is 24.8. The Bertz CT molecular complexity index is 2110. The summed E-state index contributed by atoms with van der Waals surface area (Å²) >= 11 is 0. The number of para-hydroxylation sites is 2. The van der Waals surface area contributed by atoms with Crippen LogP contribution in [0.4, 0.5) is 5.69 Å². The maximum absolute atomic E-state index is 6.78. The number of fused-ring (bicyclic) bond motifs is 9. The molecule has 2 heterocycles. The summed E-state index contributed by atoms with van der Waals surface area (Å²) in [7, 11) is 0. The molecular formula is C40H33NO2. The van der Waals surface area contributed by atoms with Crippen LogP contribution in [0.1, 0.15) is 49.8 Å². The summed E-state index contributed by atoms with van der Waals surface area (Å²) in [6, 6.07) is 37.2. The molecule has 1 atom stereocenters. The molecule has 6 aromatic rings. The molecule has 1 unspecified atom stereocenters. The molecule has 5 aromatic carbocycles. The molecule has 3 aliphatic rings. The monoisotopic (exact) mass is 559 g/mol. The molecule has 0 amide bonds. The summed E-state index contributed by atoms with van der Waals surface area (Å²) in [6.07, 6.45) is 3.22. The van der Waals surface area contributed by atoms with Gasteiger partial charge in [-0.05, 0) is 83.0 Å². The summed E-state index contributed by atoms with van der Waals surface area (Å²) in [5.74, 6) is 1.00. The number of benzene rings is 5. The molecule has 9 rings (SSSR count). The van der Waals surface area contributed by atoms with Gasteiger partial charge in [0.05, 0.1) is 0 Å². The van der Waals surface area contributed by atoms with E-state index in [1.165, 1.54) is 44.6 Å². The third-order valence-electron chi connectivity index (χ3n) is 10.1. The summed E-state index contributed by atoms with van der Waals surface area (Å²) in [4.78, 5) is 0. The molecule has 0 bridgehead atoms. The van der Waals surface area contributed by atoms with Gasteiger partial charge in [0.15, 0.2) is 0 Å². The lowest BCUT2D eigenvalue weighted by Crippen LogP contribution is -2.28. The van der Waals surface area contributed by atoms with Crippen LogP contribution in [-0.4, -0.2) is 6.04 Å². The maximum atomic E-state index is 6.78. The molecule has 1 aromatic heterocycles. The predicted molar refractivity (Wildman–Crippen MR) is 177 cm³/mol. The molecule has 0 fully saturated rings. The minimum absolute atomic E-state index is 0.0930. The van der Waals surface area contributed by atoms with E-state index in [0.29, 0.717) is 12.6 Å². The van der Waals surface area contributed by atoms with E-state index >= 15 is 0 Å². The Morgan fingerprint density at radius 3 is 2.42 bits per heavy atom. The molecular weight excluding hydrogens is 526 g/mol. The topological polar surface area (TPSA) is 34.4 Å². The van der Waals surface area contributed by atoms with Gasteiger partial charge in [-0.2, -0.15) is 0 Å². The molecule has 210 valence electrons. The van der Waals surface area contributed by atoms with Gasteiger partial charge in [0.2, 0.25) is 0 Å². The standard InChI is InChI=1S/C40H33NO2/c1-40(2)32-21-26(41-25-12-4-3-5-13-25)19-20-29(32)37-33(40)22-31(39-38(37)27-14-7-6-11-24(27)23-42-39)28-16-10-18-35-36(28)30-15-8-9-17-34(30)43-35/h3-18,22,26,41H,19-21,23H2,1-2H3. The normalized spacial score (nSPS) is 18.1. The van der Waals surface area contributed by atoms with E-state index in [1.54, 1.807) is 5.57 Å². The van der Waals surface area contributed by atoms with E-state index in [2.05, 4.69) is 116 Å². The van der Waals surface area contributed by atoms with Crippen LogP contribution in [0, 0.1) is 0 Å². The van der Waals surface area contributed by atoms with Crippen molar-refractivity contribution in [2.75, 3.05) is 5.32 Å². The minimum atomic E-state index is -0.0930. The Morgan fingerprint density at radius 1 is 0.744 bits per heavy atom. The second kappa shape index (κ2) is 9.12. The fourth-order valence-electron chi connectivity index (χ4n) is 8.02. The van der Waals surface area contributed by atoms with Crippen LogP contribution in [0.25, 0.3) is 49.8 Å². The molecule has 1 N–H and O–H groups in total. The Hall–Kier alpha value is -4.76. The van der Waals surface area contributed by atoms with Crippen LogP contribution in [0.5, 0.6) is 5.75 Å². The van der Waals surface area contributed by atoms with Gasteiger partial charge in [0, 0.05) is 39.0 Å². The zero-order valence-electron chi connectivity index (χ0n) is 24.5. The van der Waals surface area contributed by atoms with E-state index < -0.39 is 0 Å². The summed E-state index contributed by atoms with van der Waals surface area (Å²) in [6.45, 7) is 5.44. The highest BCUT2D eigenvalue weighted by atomic mass is 16.5. The second-order valence-corrected chi connectivity index (χ2v) is 12.8. The minimum Gasteiger partial charge on any atom is -0.488 e. The fraction of sp³-hybridized carbons (Fsp3) is 0.200. The van der Waals surface area contributed by atoms with Crippen molar-refractivity contribution in [3.63, 3.8) is 0 Å². The first-order chi connectivity index (χ1) is 21.1. The van der Waals surface area contributed by atoms with Crippen molar-refractivity contribution in [3.05, 3.63) is 125 Å². The molecule has 2 aliphatic carbocycles. The Labute approximate surface area is 251 Å². The summed E-state index contributed by atoms with van der Waals surface area (Å²) < 4.78 is 13.1. The quantitative estimate of drug-likeness (QED) is 0.234. The first-order valence-electron chi connectivity index (χ1n) is 15.5. The van der Waals surface area contributed by atoms with Gasteiger partial charge in [-0.15, -0.1) is 0 Å². The number of allylic oxidation sites excluding steroid dienone is 1. The Kier molecular flexibility index (Phi) is 5.26. The van der Waals surface area contributed by atoms with Crippen LogP contribution in [-0.2, 0) is 12.0 Å². The molecule has 0 spiro atoms. The average Bonchev–Trinajstić information content (AvgIpc) is 3.53. The van der Waals surface area contributed by atoms with Crippen LogP contribution in [0.15, 0.2) is 113 Å². The van der Waals surface area contributed by atoms with Crippen molar-refractivity contribution in [2.24, 2.45) is 0 Å². The van der Waals surface area contributed by atoms with Crippen molar-refractivity contribution in [1.29, 1.82) is 0 Å². The fourth-order valence-corrected chi connectivity index (χ4v) is 8.02. The largest absolute Gasteiger partial charge is 0.488 e. The van der Waals surface area contributed by atoms with Gasteiger partial charge in [0.1, 0.15) is 23.5 Å². The number of furan rings is 1. The van der Waals surface area contributed by atoms with Crippen molar-refractivity contribution in [1.82, 2.24) is 0 Å². The van der Waals surface area contributed by atoms with E-state index in [4.69, 9.17) is 9.15 Å². The third kappa shape index (κ3) is 3.61. The number of anilines is 1. The van der Waals surface area contributed by atoms with Gasteiger partial charge >= 0.3 is 0 Å². The highest BCUT2D eigenvalue weighted by molar-refractivity contribution is 6.14. The van der Waals surface area contributed by atoms with Crippen LogP contribution in [0.3, 0.4) is 0 Å². The van der Waals surface area contributed by atoms with Crippen molar-refractivity contribution in [2.45, 2.75) is 51.2 Å². The van der Waals surface area contributed by atoms with Gasteiger partial charge < -0.3 is 14.5 Å². The number of nitrogens with one attached hydrogen (secondary N) is 1. The SMILES string of the molecule is CC1(C)C2=C(CCC(Nc3ccccc3)C2)c2c1cc(-c1cccc3oc4ccccc4c13)c1c2-c2ccccc2CO1. The smallest absolute Gasteiger partial charge is 0.136 e. The third-order valence-corrected chi connectivity index (χ3v) is 10.1. The van der Waals surface area contributed by atoms with Crippen molar-refractivity contribution < 1.29 is 9.15 Å². The zero-order valence-corrected chi connectivity index (χ0v) is 24.5. The number of hydrogen-bond acceptors (Lipinski definition) is 3. The lowest BCUT2D eigenvalue weighted by Gasteiger charge is -2.32. The highest BCUT2D eigenvalue weighted by Crippen LogP contribution is 2.60. The number of rotatable bonds is 3. The lowest BCUT2D eigenvalue weighted by molar-refractivity contribution is 0.303. The van der Waals surface area contributed by atoms with E-state index in [0.717, 1.165) is 52.5 Å². The first-order valence-corrected chi connectivity index (χ1v) is 15.5. The lowest BCUT2D eigenvalue weighted by atomic mass is 9.75. The number of ether oxygens (including phenoxy) is 1. The Morgan fingerprint density at radius 2 is 1.51 bits per heavy atom. The van der Waals surface area contributed by atoms with E-state index in [-0.39, 0.29) is 5.41 Å². The van der Waals surface area contributed by atoms with E-state index in [1.807, 2.05) is 6.07 Å². The Balaban J connectivity index is 1.28. The maximum Gasteiger partial charge on any atom is 0.136 e. The molecule has 43 heavy (non-hydrogen) atoms. The second-order valence-electron chi connectivity index (χ2n) is 12.8. The van der Waals surface area contributed by atoms with Gasteiger partial charge in [0.25, 0.3) is 0 Å². The zero-order chi connectivity index (χ0) is 28.7. The molecule has 0 saturated carbocycles. The molecule has 0 radical (unpaired) electrons. The highest BCUT2D eigenvalue weighted by Gasteiger charge is 2.44. The summed E-state index contributed by atoms with van der Waals surface area (Å²) in [5.41, 5.74) is 15.0. The number of hydrogen-bond donors (Lipinski definition) is 1. The van der Waals surface area contributed by atoms with Crippen LogP contribution in [0.2, 0.25) is 0 Å².